The Morgan fingerprint density at radius 2 is 1.88 bits per heavy atom. The van der Waals surface area contributed by atoms with E-state index in [0.717, 1.165) is 42.4 Å². The lowest BCUT2D eigenvalue weighted by atomic mass is 9.86. The molecule has 7 heteroatoms. The zero-order valence-corrected chi connectivity index (χ0v) is 15.4. The summed E-state index contributed by atoms with van der Waals surface area (Å²) in [7, 11) is 2.21. The summed E-state index contributed by atoms with van der Waals surface area (Å²) >= 11 is 0. The minimum Gasteiger partial charge on any atom is -0.361 e. The summed E-state index contributed by atoms with van der Waals surface area (Å²) in [6.45, 7) is 0. The molecular weight excluding hydrogens is 324 g/mol. The average Bonchev–Trinajstić information content (AvgIpc) is 3.03. The minimum atomic E-state index is -3.11. The van der Waals surface area contributed by atoms with Gasteiger partial charge in [0.1, 0.15) is 5.82 Å². The first kappa shape index (κ1) is 17.2. The molecule has 0 aromatic carbocycles. The lowest BCUT2D eigenvalue weighted by Gasteiger charge is -2.35. The van der Waals surface area contributed by atoms with Crippen LogP contribution in [0, 0.1) is 5.92 Å². The van der Waals surface area contributed by atoms with Crippen molar-refractivity contribution in [3.8, 4) is 0 Å². The third-order valence-corrected chi connectivity index (χ3v) is 7.16. The Morgan fingerprint density at radius 1 is 1.17 bits per heavy atom. The third-order valence-electron chi connectivity index (χ3n) is 5.16. The second-order valence-electron chi connectivity index (χ2n) is 6.92. The average molecular weight is 350 g/mol. The molecule has 0 spiro atoms. The van der Waals surface area contributed by atoms with Crippen LogP contribution in [0.3, 0.4) is 0 Å². The molecule has 1 saturated carbocycles. The molecule has 0 aliphatic heterocycles. The predicted octanol–water partition coefficient (Wildman–Crippen LogP) is 2.45. The number of sulfonamides is 1. The van der Waals surface area contributed by atoms with Crippen molar-refractivity contribution in [3.63, 3.8) is 0 Å². The Kier molecular flexibility index (Phi) is 4.83. The molecule has 0 radical (unpaired) electrons. The van der Waals surface area contributed by atoms with E-state index in [1.807, 2.05) is 18.5 Å². The number of pyridine rings is 1. The van der Waals surface area contributed by atoms with Crippen molar-refractivity contribution in [1.82, 2.24) is 14.3 Å². The smallest absolute Gasteiger partial charge is 0.213 e. The van der Waals surface area contributed by atoms with Gasteiger partial charge in [0.25, 0.3) is 0 Å². The normalized spacial score (nSPS) is 22.2. The van der Waals surface area contributed by atoms with Gasteiger partial charge in [-0.15, -0.1) is 0 Å². The number of anilines is 1. The van der Waals surface area contributed by atoms with Crippen molar-refractivity contribution in [3.05, 3.63) is 24.5 Å². The van der Waals surface area contributed by atoms with E-state index in [2.05, 4.69) is 28.0 Å². The third kappa shape index (κ3) is 3.42. The molecular formula is C17H26N4O2S. The molecule has 0 bridgehead atoms. The maximum atomic E-state index is 12.1. The maximum absolute atomic E-state index is 12.1. The molecule has 3 rings (SSSR count). The molecule has 1 aliphatic rings. The van der Waals surface area contributed by atoms with Crippen molar-refractivity contribution in [1.29, 1.82) is 0 Å². The van der Waals surface area contributed by atoms with Gasteiger partial charge in [0.05, 0.1) is 11.3 Å². The van der Waals surface area contributed by atoms with E-state index in [4.69, 9.17) is 0 Å². The zero-order chi connectivity index (χ0) is 17.3. The first-order valence-corrected chi connectivity index (χ1v) is 10.0. The summed E-state index contributed by atoms with van der Waals surface area (Å²) in [5.41, 5.74) is 1.10. The van der Waals surface area contributed by atoms with Gasteiger partial charge in [0.2, 0.25) is 10.0 Å². The van der Waals surface area contributed by atoms with E-state index < -0.39 is 10.0 Å². The van der Waals surface area contributed by atoms with Gasteiger partial charge in [0, 0.05) is 45.0 Å². The fraction of sp³-hybridized carbons (Fsp3) is 0.588. The molecule has 0 unspecified atom stereocenters. The SMILES string of the molecule is CN(c1nccc2[nH]ccc12)C1CCC(CS(=O)(=O)N(C)C)CC1. The second-order valence-corrected chi connectivity index (χ2v) is 9.15. The lowest BCUT2D eigenvalue weighted by molar-refractivity contribution is 0.337. The zero-order valence-electron chi connectivity index (χ0n) is 14.6. The Labute approximate surface area is 143 Å². The summed E-state index contributed by atoms with van der Waals surface area (Å²) in [5, 5.41) is 1.14. The first-order chi connectivity index (χ1) is 11.4. The van der Waals surface area contributed by atoms with Crippen LogP contribution in [0.2, 0.25) is 0 Å². The maximum Gasteiger partial charge on any atom is 0.213 e. The van der Waals surface area contributed by atoms with Crippen molar-refractivity contribution in [2.24, 2.45) is 5.92 Å². The molecule has 0 saturated heterocycles. The van der Waals surface area contributed by atoms with Crippen LogP contribution in [-0.2, 0) is 10.0 Å². The van der Waals surface area contributed by atoms with Crippen LogP contribution in [-0.4, -0.2) is 55.6 Å². The fourth-order valence-corrected chi connectivity index (χ4v) is 4.79. The predicted molar refractivity (Wildman–Crippen MR) is 97.7 cm³/mol. The summed E-state index contributed by atoms with van der Waals surface area (Å²) < 4.78 is 25.4. The summed E-state index contributed by atoms with van der Waals surface area (Å²) in [5.74, 6) is 1.53. The molecule has 1 fully saturated rings. The van der Waals surface area contributed by atoms with Gasteiger partial charge in [-0.05, 0) is 43.7 Å². The van der Waals surface area contributed by atoms with Gasteiger partial charge in [0.15, 0.2) is 0 Å². The molecule has 0 amide bonds. The minimum absolute atomic E-state index is 0.262. The number of H-pyrrole nitrogens is 1. The second kappa shape index (κ2) is 6.72. The Hall–Kier alpha value is -1.60. The Balaban J connectivity index is 1.65. The molecule has 2 aromatic rings. The molecule has 132 valence electrons. The molecule has 2 heterocycles. The highest BCUT2D eigenvalue weighted by Gasteiger charge is 2.29. The summed E-state index contributed by atoms with van der Waals surface area (Å²) in [4.78, 5) is 10.0. The van der Waals surface area contributed by atoms with Gasteiger partial charge in [-0.25, -0.2) is 17.7 Å². The van der Waals surface area contributed by atoms with E-state index >= 15 is 0 Å². The van der Waals surface area contributed by atoms with E-state index in [9.17, 15) is 8.42 Å². The molecule has 1 aliphatic carbocycles. The number of aromatic amines is 1. The van der Waals surface area contributed by atoms with Gasteiger partial charge in [-0.3, -0.25) is 0 Å². The van der Waals surface area contributed by atoms with Crippen LogP contribution in [0.5, 0.6) is 0 Å². The standard InChI is InChI=1S/C17H26N4O2S/c1-20(2)24(22,23)12-13-4-6-14(7-5-13)21(3)17-15-8-10-18-16(15)9-11-19-17/h8-11,13-14,18H,4-7,12H2,1-3H3. The number of hydrogen-bond donors (Lipinski definition) is 1. The number of fused-ring (bicyclic) bond motifs is 1. The number of nitrogens with one attached hydrogen (secondary N) is 1. The first-order valence-electron chi connectivity index (χ1n) is 8.43. The Morgan fingerprint density at radius 3 is 2.54 bits per heavy atom. The highest BCUT2D eigenvalue weighted by Crippen LogP contribution is 2.32. The van der Waals surface area contributed by atoms with E-state index in [0.29, 0.717) is 6.04 Å². The van der Waals surface area contributed by atoms with Gasteiger partial charge >= 0.3 is 0 Å². The molecule has 6 nitrogen and oxygen atoms in total. The van der Waals surface area contributed by atoms with Crippen LogP contribution in [0.15, 0.2) is 24.5 Å². The number of aromatic nitrogens is 2. The van der Waals surface area contributed by atoms with Crippen LogP contribution >= 0.6 is 0 Å². The van der Waals surface area contributed by atoms with Crippen molar-refractivity contribution in [2.75, 3.05) is 31.8 Å². The van der Waals surface area contributed by atoms with Crippen molar-refractivity contribution < 1.29 is 8.42 Å². The van der Waals surface area contributed by atoms with Gasteiger partial charge in [-0.1, -0.05) is 0 Å². The fourth-order valence-electron chi connectivity index (χ4n) is 3.57. The van der Waals surface area contributed by atoms with Crippen LogP contribution < -0.4 is 4.90 Å². The highest BCUT2D eigenvalue weighted by molar-refractivity contribution is 7.89. The van der Waals surface area contributed by atoms with Gasteiger partial charge in [-0.2, -0.15) is 0 Å². The summed E-state index contributed by atoms with van der Waals surface area (Å²) in [6, 6.07) is 4.45. The monoisotopic (exact) mass is 350 g/mol. The van der Waals surface area contributed by atoms with E-state index in [1.165, 1.54) is 4.31 Å². The quantitative estimate of drug-likeness (QED) is 0.899. The van der Waals surface area contributed by atoms with Crippen LogP contribution in [0.1, 0.15) is 25.7 Å². The molecule has 24 heavy (non-hydrogen) atoms. The van der Waals surface area contributed by atoms with E-state index in [1.54, 1.807) is 14.1 Å². The number of nitrogens with zero attached hydrogens (tertiary/aromatic N) is 3. The lowest BCUT2D eigenvalue weighted by Crippen LogP contribution is -2.38. The number of hydrogen-bond acceptors (Lipinski definition) is 4. The topological polar surface area (TPSA) is 69.3 Å². The van der Waals surface area contributed by atoms with Crippen LogP contribution in [0.25, 0.3) is 10.9 Å². The van der Waals surface area contributed by atoms with Crippen LogP contribution in [0.4, 0.5) is 5.82 Å². The Bertz CT molecular complexity index is 792. The largest absolute Gasteiger partial charge is 0.361 e. The molecule has 1 N–H and O–H groups in total. The molecule has 0 atom stereocenters. The highest BCUT2D eigenvalue weighted by atomic mass is 32.2. The van der Waals surface area contributed by atoms with E-state index in [-0.39, 0.29) is 11.7 Å². The van der Waals surface area contributed by atoms with Gasteiger partial charge < -0.3 is 9.88 Å². The van der Waals surface area contributed by atoms with Crippen molar-refractivity contribution in [2.45, 2.75) is 31.7 Å². The molecule has 2 aromatic heterocycles. The summed E-state index contributed by atoms with van der Waals surface area (Å²) in [6.07, 6.45) is 7.68. The number of rotatable bonds is 5. The van der Waals surface area contributed by atoms with Crippen molar-refractivity contribution >= 4 is 26.7 Å².